The molecule has 0 aromatic heterocycles. The summed E-state index contributed by atoms with van der Waals surface area (Å²) in [6.07, 6.45) is 0.150. The lowest BCUT2D eigenvalue weighted by Gasteiger charge is -2.34. The predicted octanol–water partition coefficient (Wildman–Crippen LogP) is 0.818. The highest BCUT2D eigenvalue weighted by atomic mass is 16.4. The van der Waals surface area contributed by atoms with Gasteiger partial charge in [0.05, 0.1) is 0 Å². The number of amides is 2. The number of nitrogens with zero attached hydrogens (tertiary/aromatic N) is 1. The number of hydrogen-bond acceptors (Lipinski definition) is 3. The third-order valence-electron chi connectivity index (χ3n) is 2.35. The van der Waals surface area contributed by atoms with Crippen LogP contribution in [0.2, 0.25) is 0 Å². The average molecular weight is 258 g/mol. The molecule has 0 bridgehead atoms. The van der Waals surface area contributed by atoms with Gasteiger partial charge in [-0.2, -0.15) is 0 Å². The predicted molar refractivity (Wildman–Crippen MR) is 68.3 cm³/mol. The van der Waals surface area contributed by atoms with E-state index in [-0.39, 0.29) is 24.5 Å². The fourth-order valence-electron chi connectivity index (χ4n) is 1.33. The van der Waals surface area contributed by atoms with Gasteiger partial charge in [-0.1, -0.05) is 6.08 Å². The van der Waals surface area contributed by atoms with E-state index in [0.29, 0.717) is 6.54 Å². The van der Waals surface area contributed by atoms with Crippen LogP contribution >= 0.6 is 0 Å². The fourth-order valence-corrected chi connectivity index (χ4v) is 1.33. The first-order valence-corrected chi connectivity index (χ1v) is 5.77. The van der Waals surface area contributed by atoms with Crippen molar-refractivity contribution in [2.75, 3.05) is 13.1 Å². The van der Waals surface area contributed by atoms with Gasteiger partial charge in [-0.3, -0.25) is 0 Å². The van der Waals surface area contributed by atoms with Crippen LogP contribution in [0.4, 0.5) is 4.79 Å². The molecule has 1 unspecified atom stereocenters. The Kier molecular flexibility index (Phi) is 6.40. The number of carbonyl (C=O) groups excluding carboxylic acids is 1. The summed E-state index contributed by atoms with van der Waals surface area (Å²) >= 11 is 0. The van der Waals surface area contributed by atoms with Gasteiger partial charge in [0.15, 0.2) is 6.10 Å². The summed E-state index contributed by atoms with van der Waals surface area (Å²) in [6.45, 7) is 9.77. The lowest BCUT2D eigenvalue weighted by molar-refractivity contribution is -0.146. The Morgan fingerprint density at radius 3 is 2.39 bits per heavy atom. The largest absolute Gasteiger partial charge is 0.479 e. The molecule has 0 saturated heterocycles. The van der Waals surface area contributed by atoms with E-state index in [1.165, 1.54) is 0 Å². The van der Waals surface area contributed by atoms with E-state index >= 15 is 0 Å². The smallest absolute Gasteiger partial charge is 0.332 e. The van der Waals surface area contributed by atoms with Gasteiger partial charge in [-0.25, -0.2) is 9.59 Å². The van der Waals surface area contributed by atoms with Gasteiger partial charge >= 0.3 is 12.0 Å². The maximum atomic E-state index is 11.9. The van der Waals surface area contributed by atoms with Crippen LogP contribution < -0.4 is 5.32 Å². The number of hydrogen-bond donors (Lipinski definition) is 3. The Morgan fingerprint density at radius 2 is 2.00 bits per heavy atom. The quantitative estimate of drug-likeness (QED) is 0.615. The maximum Gasteiger partial charge on any atom is 0.332 e. The first-order valence-electron chi connectivity index (χ1n) is 5.77. The summed E-state index contributed by atoms with van der Waals surface area (Å²) < 4.78 is 0. The molecule has 0 aromatic rings. The molecule has 0 aliphatic heterocycles. The number of nitrogens with one attached hydrogen (secondary N) is 1. The van der Waals surface area contributed by atoms with E-state index in [2.05, 4.69) is 11.9 Å². The van der Waals surface area contributed by atoms with Crippen molar-refractivity contribution in [3.05, 3.63) is 12.7 Å². The number of aliphatic hydroxyl groups is 1. The SMILES string of the molecule is C=CCN(C(=O)NCCC(O)C(=O)O)C(C)(C)C. The van der Waals surface area contributed by atoms with Crippen LogP contribution in [0.25, 0.3) is 0 Å². The molecular formula is C12H22N2O4. The molecule has 3 N–H and O–H groups in total. The van der Waals surface area contributed by atoms with Gasteiger partial charge < -0.3 is 20.4 Å². The van der Waals surface area contributed by atoms with Gasteiger partial charge in [0, 0.05) is 25.0 Å². The molecule has 18 heavy (non-hydrogen) atoms. The molecular weight excluding hydrogens is 236 g/mol. The van der Waals surface area contributed by atoms with Gasteiger partial charge in [0.2, 0.25) is 0 Å². The normalized spacial score (nSPS) is 12.7. The minimum absolute atomic E-state index is 0.0207. The maximum absolute atomic E-state index is 11.9. The first-order chi connectivity index (χ1) is 8.20. The van der Waals surface area contributed by atoms with Crippen LogP contribution in [0.15, 0.2) is 12.7 Å². The van der Waals surface area contributed by atoms with Crippen molar-refractivity contribution in [2.24, 2.45) is 0 Å². The van der Waals surface area contributed by atoms with Crippen LogP contribution in [-0.2, 0) is 4.79 Å². The third kappa shape index (κ3) is 5.67. The molecule has 0 saturated carbocycles. The zero-order valence-electron chi connectivity index (χ0n) is 11.1. The Balaban J connectivity index is 4.28. The topological polar surface area (TPSA) is 89.9 Å². The summed E-state index contributed by atoms with van der Waals surface area (Å²) in [5.41, 5.74) is -0.357. The van der Waals surface area contributed by atoms with Crippen molar-refractivity contribution in [1.82, 2.24) is 10.2 Å². The highest BCUT2D eigenvalue weighted by Crippen LogP contribution is 2.12. The van der Waals surface area contributed by atoms with E-state index in [9.17, 15) is 9.59 Å². The molecule has 0 rings (SSSR count). The molecule has 6 nitrogen and oxygen atoms in total. The molecule has 6 heteroatoms. The summed E-state index contributed by atoms with van der Waals surface area (Å²) in [7, 11) is 0. The van der Waals surface area contributed by atoms with E-state index in [1.807, 2.05) is 20.8 Å². The van der Waals surface area contributed by atoms with Crippen LogP contribution in [0.3, 0.4) is 0 Å². The van der Waals surface area contributed by atoms with Crippen molar-refractivity contribution >= 4 is 12.0 Å². The highest BCUT2D eigenvalue weighted by molar-refractivity contribution is 5.75. The average Bonchev–Trinajstić information content (AvgIpc) is 2.23. The second kappa shape index (κ2) is 7.00. The van der Waals surface area contributed by atoms with Gasteiger partial charge in [0.25, 0.3) is 0 Å². The highest BCUT2D eigenvalue weighted by Gasteiger charge is 2.25. The fraction of sp³-hybridized carbons (Fsp3) is 0.667. The minimum Gasteiger partial charge on any atom is -0.479 e. The lowest BCUT2D eigenvalue weighted by atomic mass is 10.1. The van der Waals surface area contributed by atoms with E-state index in [4.69, 9.17) is 10.2 Å². The standard InChI is InChI=1S/C12H22N2O4/c1-5-8-14(12(2,3)4)11(18)13-7-6-9(15)10(16)17/h5,9,15H,1,6-8H2,2-4H3,(H,13,18)(H,16,17). The zero-order valence-corrected chi connectivity index (χ0v) is 11.1. The van der Waals surface area contributed by atoms with Crippen molar-refractivity contribution < 1.29 is 19.8 Å². The van der Waals surface area contributed by atoms with Crippen LogP contribution in [0.5, 0.6) is 0 Å². The van der Waals surface area contributed by atoms with Gasteiger partial charge in [-0.05, 0) is 20.8 Å². The number of aliphatic hydroxyl groups excluding tert-OH is 1. The first kappa shape index (κ1) is 16.4. The number of aliphatic carboxylic acids is 1. The van der Waals surface area contributed by atoms with E-state index in [0.717, 1.165) is 0 Å². The molecule has 0 radical (unpaired) electrons. The molecule has 1 atom stereocenters. The number of rotatable bonds is 6. The Hall–Kier alpha value is -1.56. The molecule has 0 aliphatic carbocycles. The Morgan fingerprint density at radius 1 is 1.44 bits per heavy atom. The van der Waals surface area contributed by atoms with Crippen LogP contribution in [0.1, 0.15) is 27.2 Å². The summed E-state index contributed by atoms with van der Waals surface area (Å²) in [4.78, 5) is 23.8. The second-order valence-corrected chi connectivity index (χ2v) is 4.94. The molecule has 0 aromatic carbocycles. The molecule has 0 heterocycles. The third-order valence-corrected chi connectivity index (χ3v) is 2.35. The Bertz CT molecular complexity index is 310. The van der Waals surface area contributed by atoms with E-state index < -0.39 is 12.1 Å². The van der Waals surface area contributed by atoms with Gasteiger partial charge in [0.1, 0.15) is 0 Å². The lowest BCUT2D eigenvalue weighted by Crippen LogP contribution is -2.50. The van der Waals surface area contributed by atoms with Crippen molar-refractivity contribution in [2.45, 2.75) is 38.8 Å². The van der Waals surface area contributed by atoms with Crippen molar-refractivity contribution in [3.8, 4) is 0 Å². The second-order valence-electron chi connectivity index (χ2n) is 4.94. The number of carboxylic acids is 1. The van der Waals surface area contributed by atoms with Crippen molar-refractivity contribution in [1.29, 1.82) is 0 Å². The summed E-state index contributed by atoms with van der Waals surface area (Å²) in [5.74, 6) is -1.29. The number of carboxylic acid groups (broad SMARTS) is 1. The number of urea groups is 1. The monoisotopic (exact) mass is 258 g/mol. The van der Waals surface area contributed by atoms with Gasteiger partial charge in [-0.15, -0.1) is 6.58 Å². The zero-order chi connectivity index (χ0) is 14.3. The Labute approximate surface area is 107 Å². The van der Waals surface area contributed by atoms with E-state index in [1.54, 1.807) is 11.0 Å². The molecule has 2 amide bonds. The molecule has 0 fully saturated rings. The van der Waals surface area contributed by atoms with Crippen LogP contribution in [-0.4, -0.2) is 51.8 Å². The molecule has 104 valence electrons. The summed E-state index contributed by atoms with van der Waals surface area (Å²) in [6, 6.07) is -0.306. The molecule has 0 aliphatic rings. The summed E-state index contributed by atoms with van der Waals surface area (Å²) in [5, 5.41) is 20.1. The molecule has 0 spiro atoms. The number of carbonyl (C=O) groups is 2. The van der Waals surface area contributed by atoms with Crippen molar-refractivity contribution in [3.63, 3.8) is 0 Å². The van der Waals surface area contributed by atoms with Crippen LogP contribution in [0, 0.1) is 0 Å². The minimum atomic E-state index is -1.45.